The van der Waals surface area contributed by atoms with E-state index < -0.39 is 6.43 Å². The van der Waals surface area contributed by atoms with E-state index in [2.05, 4.69) is 10.5 Å². The van der Waals surface area contributed by atoms with Crippen molar-refractivity contribution in [2.75, 3.05) is 0 Å². The van der Waals surface area contributed by atoms with Crippen molar-refractivity contribution in [1.82, 2.24) is 10.5 Å². The molecule has 5 heteroatoms. The van der Waals surface area contributed by atoms with E-state index in [9.17, 15) is 8.78 Å². The molecule has 0 bridgehead atoms. The zero-order chi connectivity index (χ0) is 13.0. The highest BCUT2D eigenvalue weighted by molar-refractivity contribution is 5.24. The maximum Gasteiger partial charge on any atom is 0.263 e. The van der Waals surface area contributed by atoms with Crippen molar-refractivity contribution in [2.45, 2.75) is 26.4 Å². The van der Waals surface area contributed by atoms with E-state index in [-0.39, 0.29) is 5.56 Å². The van der Waals surface area contributed by atoms with Crippen molar-refractivity contribution in [2.24, 2.45) is 0 Å². The summed E-state index contributed by atoms with van der Waals surface area (Å²) in [6.07, 6.45) is -2.43. The van der Waals surface area contributed by atoms with Crippen LogP contribution in [0, 0.1) is 6.92 Å². The van der Waals surface area contributed by atoms with Gasteiger partial charge in [0.1, 0.15) is 5.76 Å². The second-order valence-electron chi connectivity index (χ2n) is 4.08. The standard InChI is InChI=1S/C13H14F2N2O/c1-9-5-12(17-18-9)8-16-7-10-3-2-4-11(6-10)13(14)15/h2-6,13,16H,7-8H2,1H3. The first-order chi connectivity index (χ1) is 8.65. The molecule has 0 unspecified atom stereocenters. The highest BCUT2D eigenvalue weighted by Crippen LogP contribution is 2.19. The number of aromatic nitrogens is 1. The molecule has 2 aromatic rings. The molecule has 1 N–H and O–H groups in total. The third-order valence-electron chi connectivity index (χ3n) is 2.52. The number of aryl methyl sites for hydroxylation is 1. The minimum Gasteiger partial charge on any atom is -0.361 e. The van der Waals surface area contributed by atoms with Gasteiger partial charge in [0.2, 0.25) is 0 Å². The number of nitrogens with zero attached hydrogens (tertiary/aromatic N) is 1. The smallest absolute Gasteiger partial charge is 0.263 e. The molecule has 1 aromatic heterocycles. The van der Waals surface area contributed by atoms with Crippen LogP contribution in [0.4, 0.5) is 8.78 Å². The van der Waals surface area contributed by atoms with Gasteiger partial charge in [0.15, 0.2) is 0 Å². The van der Waals surface area contributed by atoms with Gasteiger partial charge in [0.25, 0.3) is 6.43 Å². The van der Waals surface area contributed by atoms with E-state index in [0.717, 1.165) is 17.0 Å². The van der Waals surface area contributed by atoms with Crippen LogP contribution in [0.1, 0.15) is 29.0 Å². The Kier molecular flexibility index (Phi) is 4.04. The third kappa shape index (κ3) is 3.37. The molecule has 0 radical (unpaired) electrons. The Morgan fingerprint density at radius 2 is 2.11 bits per heavy atom. The summed E-state index contributed by atoms with van der Waals surface area (Å²) < 4.78 is 29.9. The highest BCUT2D eigenvalue weighted by Gasteiger charge is 2.07. The summed E-state index contributed by atoms with van der Waals surface area (Å²) in [5.41, 5.74) is 1.68. The van der Waals surface area contributed by atoms with Crippen molar-refractivity contribution in [1.29, 1.82) is 0 Å². The Hall–Kier alpha value is -1.75. The van der Waals surface area contributed by atoms with E-state index in [4.69, 9.17) is 4.52 Å². The first kappa shape index (κ1) is 12.7. The predicted molar refractivity (Wildman–Crippen MR) is 63.2 cm³/mol. The first-order valence-corrected chi connectivity index (χ1v) is 5.65. The zero-order valence-corrected chi connectivity index (χ0v) is 9.99. The van der Waals surface area contributed by atoms with Gasteiger partial charge in [-0.25, -0.2) is 8.78 Å². The molecule has 0 aliphatic carbocycles. The summed E-state index contributed by atoms with van der Waals surface area (Å²) >= 11 is 0. The summed E-state index contributed by atoms with van der Waals surface area (Å²) in [4.78, 5) is 0. The molecule has 0 saturated heterocycles. The number of rotatable bonds is 5. The summed E-state index contributed by atoms with van der Waals surface area (Å²) in [5.74, 6) is 0.756. The van der Waals surface area contributed by atoms with Crippen LogP contribution in [-0.4, -0.2) is 5.16 Å². The van der Waals surface area contributed by atoms with Crippen LogP contribution in [0.5, 0.6) is 0 Å². The number of halogens is 2. The van der Waals surface area contributed by atoms with Crippen molar-refractivity contribution in [3.05, 3.63) is 52.9 Å². The molecule has 0 saturated carbocycles. The number of hydrogen-bond acceptors (Lipinski definition) is 3. The summed E-state index contributed by atoms with van der Waals surface area (Å²) in [6.45, 7) is 2.89. The Morgan fingerprint density at radius 1 is 1.28 bits per heavy atom. The van der Waals surface area contributed by atoms with E-state index >= 15 is 0 Å². The molecule has 0 fully saturated rings. The Labute approximate surface area is 104 Å². The minimum absolute atomic E-state index is 0.0478. The number of nitrogens with one attached hydrogen (secondary N) is 1. The second-order valence-corrected chi connectivity index (χ2v) is 4.08. The normalized spacial score (nSPS) is 11.1. The highest BCUT2D eigenvalue weighted by atomic mass is 19.3. The van der Waals surface area contributed by atoms with Gasteiger partial charge in [0.05, 0.1) is 5.69 Å². The van der Waals surface area contributed by atoms with E-state index in [1.165, 1.54) is 12.1 Å². The molecule has 96 valence electrons. The van der Waals surface area contributed by atoms with E-state index in [0.29, 0.717) is 13.1 Å². The molecule has 3 nitrogen and oxygen atoms in total. The lowest BCUT2D eigenvalue weighted by molar-refractivity contribution is 0.151. The van der Waals surface area contributed by atoms with Gasteiger partial charge in [0, 0.05) is 24.7 Å². The molecule has 0 aliphatic rings. The first-order valence-electron chi connectivity index (χ1n) is 5.65. The fourth-order valence-electron chi connectivity index (χ4n) is 1.67. The van der Waals surface area contributed by atoms with Gasteiger partial charge in [-0.1, -0.05) is 23.4 Å². The van der Waals surface area contributed by atoms with Crippen molar-refractivity contribution in [3.8, 4) is 0 Å². The molecule has 0 amide bonds. The van der Waals surface area contributed by atoms with Crippen molar-refractivity contribution >= 4 is 0 Å². The summed E-state index contributed by atoms with van der Waals surface area (Å²) in [6, 6.07) is 8.22. The van der Waals surface area contributed by atoms with Crippen LogP contribution in [-0.2, 0) is 13.1 Å². The van der Waals surface area contributed by atoms with Crippen LogP contribution in [0.2, 0.25) is 0 Å². The third-order valence-corrected chi connectivity index (χ3v) is 2.52. The second kappa shape index (κ2) is 5.73. The van der Waals surface area contributed by atoms with Gasteiger partial charge < -0.3 is 9.84 Å². The Balaban J connectivity index is 1.88. The number of alkyl halides is 2. The maximum atomic E-state index is 12.5. The van der Waals surface area contributed by atoms with Crippen molar-refractivity contribution < 1.29 is 13.3 Å². The predicted octanol–water partition coefficient (Wildman–Crippen LogP) is 3.21. The van der Waals surface area contributed by atoms with Crippen LogP contribution in [0.15, 0.2) is 34.9 Å². The quantitative estimate of drug-likeness (QED) is 0.888. The molecule has 1 heterocycles. The Bertz CT molecular complexity index is 511. The SMILES string of the molecule is Cc1cc(CNCc2cccc(C(F)F)c2)no1. The van der Waals surface area contributed by atoms with E-state index in [1.54, 1.807) is 6.07 Å². The lowest BCUT2D eigenvalue weighted by Gasteiger charge is -2.05. The average molecular weight is 252 g/mol. The molecule has 0 atom stereocenters. The number of benzene rings is 1. The van der Waals surface area contributed by atoms with Gasteiger partial charge in [-0.15, -0.1) is 0 Å². The zero-order valence-electron chi connectivity index (χ0n) is 9.99. The molecule has 1 aromatic carbocycles. The fraction of sp³-hybridized carbons (Fsp3) is 0.308. The van der Waals surface area contributed by atoms with Crippen LogP contribution >= 0.6 is 0 Å². The number of hydrogen-bond donors (Lipinski definition) is 1. The summed E-state index contributed by atoms with van der Waals surface area (Å²) in [7, 11) is 0. The van der Waals surface area contributed by atoms with Crippen molar-refractivity contribution in [3.63, 3.8) is 0 Å². The average Bonchev–Trinajstić information content (AvgIpc) is 2.75. The van der Waals surface area contributed by atoms with Crippen LogP contribution < -0.4 is 5.32 Å². The monoisotopic (exact) mass is 252 g/mol. The van der Waals surface area contributed by atoms with Gasteiger partial charge in [-0.2, -0.15) is 0 Å². The van der Waals surface area contributed by atoms with Crippen LogP contribution in [0.25, 0.3) is 0 Å². The van der Waals surface area contributed by atoms with Gasteiger partial charge >= 0.3 is 0 Å². The van der Waals surface area contributed by atoms with Crippen LogP contribution in [0.3, 0.4) is 0 Å². The molecule has 2 rings (SSSR count). The topological polar surface area (TPSA) is 38.1 Å². The lowest BCUT2D eigenvalue weighted by Crippen LogP contribution is -2.13. The van der Waals surface area contributed by atoms with Gasteiger partial charge in [-0.05, 0) is 18.6 Å². The fourth-order valence-corrected chi connectivity index (χ4v) is 1.67. The van der Waals surface area contributed by atoms with Gasteiger partial charge in [-0.3, -0.25) is 0 Å². The molecule has 0 spiro atoms. The lowest BCUT2D eigenvalue weighted by atomic mass is 10.1. The largest absolute Gasteiger partial charge is 0.361 e. The summed E-state index contributed by atoms with van der Waals surface area (Å²) in [5, 5.41) is 6.97. The maximum absolute atomic E-state index is 12.5. The minimum atomic E-state index is -2.43. The molecule has 18 heavy (non-hydrogen) atoms. The molecular weight excluding hydrogens is 238 g/mol. The molecule has 0 aliphatic heterocycles. The van der Waals surface area contributed by atoms with E-state index in [1.807, 2.05) is 19.1 Å². The Morgan fingerprint density at radius 3 is 2.78 bits per heavy atom. The molecular formula is C13H14F2N2O.